The SMILES string of the molecule is COc1cccc(C(C)C(=O)N2CCC(N)CC2)c1. The fourth-order valence-electron chi connectivity index (χ4n) is 2.45. The van der Waals surface area contributed by atoms with E-state index in [9.17, 15) is 4.79 Å². The fraction of sp³-hybridized carbons (Fsp3) is 0.533. The molecule has 1 atom stereocenters. The topological polar surface area (TPSA) is 55.6 Å². The van der Waals surface area contributed by atoms with E-state index >= 15 is 0 Å². The molecule has 1 aromatic rings. The molecule has 0 spiro atoms. The molecule has 1 aromatic carbocycles. The Kier molecular flexibility index (Phi) is 4.43. The first-order valence-corrected chi connectivity index (χ1v) is 6.80. The Balaban J connectivity index is 2.05. The van der Waals surface area contributed by atoms with Crippen molar-refractivity contribution in [3.8, 4) is 5.75 Å². The van der Waals surface area contributed by atoms with E-state index in [1.807, 2.05) is 36.1 Å². The zero-order chi connectivity index (χ0) is 13.8. The number of amides is 1. The molecule has 1 saturated heterocycles. The number of carbonyl (C=O) groups excluding carboxylic acids is 1. The van der Waals surface area contributed by atoms with Gasteiger partial charge >= 0.3 is 0 Å². The van der Waals surface area contributed by atoms with Gasteiger partial charge in [0.15, 0.2) is 0 Å². The predicted octanol–water partition coefficient (Wildman–Crippen LogP) is 1.75. The monoisotopic (exact) mass is 262 g/mol. The summed E-state index contributed by atoms with van der Waals surface area (Å²) in [6.07, 6.45) is 1.80. The Hall–Kier alpha value is -1.55. The van der Waals surface area contributed by atoms with Gasteiger partial charge in [-0.1, -0.05) is 12.1 Å². The Bertz CT molecular complexity index is 440. The summed E-state index contributed by atoms with van der Waals surface area (Å²) in [6.45, 7) is 3.49. The second-order valence-electron chi connectivity index (χ2n) is 5.16. The molecule has 0 bridgehead atoms. The minimum Gasteiger partial charge on any atom is -0.497 e. The molecule has 1 aliphatic heterocycles. The summed E-state index contributed by atoms with van der Waals surface area (Å²) in [4.78, 5) is 14.4. The number of piperidine rings is 1. The third kappa shape index (κ3) is 3.26. The van der Waals surface area contributed by atoms with Crippen molar-refractivity contribution in [2.45, 2.75) is 31.7 Å². The molecule has 0 radical (unpaired) electrons. The lowest BCUT2D eigenvalue weighted by Gasteiger charge is -2.32. The van der Waals surface area contributed by atoms with E-state index < -0.39 is 0 Å². The maximum Gasteiger partial charge on any atom is 0.229 e. The molecule has 0 aromatic heterocycles. The van der Waals surface area contributed by atoms with Gasteiger partial charge in [0.2, 0.25) is 5.91 Å². The highest BCUT2D eigenvalue weighted by Gasteiger charge is 2.25. The molecule has 2 rings (SSSR count). The van der Waals surface area contributed by atoms with Crippen molar-refractivity contribution >= 4 is 5.91 Å². The van der Waals surface area contributed by atoms with Gasteiger partial charge in [-0.2, -0.15) is 0 Å². The molecule has 4 heteroatoms. The standard InChI is InChI=1S/C15H22N2O2/c1-11(12-4-3-5-14(10-12)19-2)15(18)17-8-6-13(16)7-9-17/h3-5,10-11,13H,6-9,16H2,1-2H3. The molecule has 2 N–H and O–H groups in total. The summed E-state index contributed by atoms with van der Waals surface area (Å²) < 4.78 is 5.20. The van der Waals surface area contributed by atoms with Crippen LogP contribution in [-0.4, -0.2) is 37.0 Å². The predicted molar refractivity (Wildman–Crippen MR) is 75.2 cm³/mol. The van der Waals surface area contributed by atoms with Crippen LogP contribution in [0, 0.1) is 0 Å². The highest BCUT2D eigenvalue weighted by molar-refractivity contribution is 5.83. The van der Waals surface area contributed by atoms with Crippen LogP contribution in [0.25, 0.3) is 0 Å². The number of nitrogens with zero attached hydrogens (tertiary/aromatic N) is 1. The van der Waals surface area contributed by atoms with Crippen LogP contribution in [0.4, 0.5) is 0 Å². The number of rotatable bonds is 3. The number of ether oxygens (including phenoxy) is 1. The van der Waals surface area contributed by atoms with Gasteiger partial charge in [0, 0.05) is 19.1 Å². The molecule has 1 amide bonds. The maximum atomic E-state index is 12.4. The van der Waals surface area contributed by atoms with Gasteiger partial charge in [0.25, 0.3) is 0 Å². The lowest BCUT2D eigenvalue weighted by atomic mass is 9.97. The Morgan fingerprint density at radius 1 is 1.42 bits per heavy atom. The zero-order valence-electron chi connectivity index (χ0n) is 11.6. The lowest BCUT2D eigenvalue weighted by Crippen LogP contribution is -2.44. The van der Waals surface area contributed by atoms with Gasteiger partial charge in [-0.3, -0.25) is 4.79 Å². The molecular weight excluding hydrogens is 240 g/mol. The first-order valence-electron chi connectivity index (χ1n) is 6.80. The second-order valence-corrected chi connectivity index (χ2v) is 5.16. The molecule has 104 valence electrons. The van der Waals surface area contributed by atoms with E-state index in [4.69, 9.17) is 10.5 Å². The van der Waals surface area contributed by atoms with E-state index in [2.05, 4.69) is 0 Å². The van der Waals surface area contributed by atoms with Crippen molar-refractivity contribution in [1.82, 2.24) is 4.90 Å². The molecule has 0 aliphatic carbocycles. The van der Waals surface area contributed by atoms with Crippen LogP contribution in [0.1, 0.15) is 31.2 Å². The number of hydrogen-bond donors (Lipinski definition) is 1. The molecule has 19 heavy (non-hydrogen) atoms. The van der Waals surface area contributed by atoms with Crippen LogP contribution in [0.5, 0.6) is 5.75 Å². The van der Waals surface area contributed by atoms with E-state index in [-0.39, 0.29) is 17.9 Å². The minimum absolute atomic E-state index is 0.135. The van der Waals surface area contributed by atoms with Crippen LogP contribution in [0.3, 0.4) is 0 Å². The Morgan fingerprint density at radius 3 is 2.74 bits per heavy atom. The molecule has 1 aliphatic rings. The number of benzene rings is 1. The third-order valence-corrected chi connectivity index (χ3v) is 3.82. The molecule has 1 heterocycles. The lowest BCUT2D eigenvalue weighted by molar-refractivity contribution is -0.133. The smallest absolute Gasteiger partial charge is 0.229 e. The normalized spacial score (nSPS) is 18.2. The second kappa shape index (κ2) is 6.06. The van der Waals surface area contributed by atoms with Crippen LogP contribution in [0.15, 0.2) is 24.3 Å². The Morgan fingerprint density at radius 2 is 2.11 bits per heavy atom. The quantitative estimate of drug-likeness (QED) is 0.903. The highest BCUT2D eigenvalue weighted by atomic mass is 16.5. The summed E-state index contributed by atoms with van der Waals surface area (Å²) >= 11 is 0. The number of likely N-dealkylation sites (tertiary alicyclic amines) is 1. The van der Waals surface area contributed by atoms with Gasteiger partial charge in [-0.25, -0.2) is 0 Å². The summed E-state index contributed by atoms with van der Waals surface area (Å²) in [5, 5.41) is 0. The van der Waals surface area contributed by atoms with Crippen LogP contribution >= 0.6 is 0 Å². The molecule has 1 unspecified atom stereocenters. The first-order chi connectivity index (χ1) is 9.11. The van der Waals surface area contributed by atoms with Crippen molar-refractivity contribution < 1.29 is 9.53 Å². The number of methoxy groups -OCH3 is 1. The van der Waals surface area contributed by atoms with Gasteiger partial charge in [0.05, 0.1) is 13.0 Å². The number of hydrogen-bond acceptors (Lipinski definition) is 3. The molecule has 0 saturated carbocycles. The van der Waals surface area contributed by atoms with E-state index in [0.29, 0.717) is 0 Å². The minimum atomic E-state index is -0.135. The van der Waals surface area contributed by atoms with Crippen LogP contribution < -0.4 is 10.5 Å². The van der Waals surface area contributed by atoms with Crippen molar-refractivity contribution in [1.29, 1.82) is 0 Å². The molecule has 1 fully saturated rings. The average molecular weight is 262 g/mol. The van der Waals surface area contributed by atoms with Crippen molar-refractivity contribution in [3.63, 3.8) is 0 Å². The van der Waals surface area contributed by atoms with Crippen LogP contribution in [-0.2, 0) is 4.79 Å². The first kappa shape index (κ1) is 13.9. The van der Waals surface area contributed by atoms with E-state index in [1.54, 1.807) is 7.11 Å². The van der Waals surface area contributed by atoms with E-state index in [1.165, 1.54) is 0 Å². The highest BCUT2D eigenvalue weighted by Crippen LogP contribution is 2.23. The van der Waals surface area contributed by atoms with E-state index in [0.717, 1.165) is 37.2 Å². The summed E-state index contributed by atoms with van der Waals surface area (Å²) in [6, 6.07) is 7.96. The van der Waals surface area contributed by atoms with Gasteiger partial charge in [-0.05, 0) is 37.5 Å². The van der Waals surface area contributed by atoms with Crippen molar-refractivity contribution in [2.24, 2.45) is 5.73 Å². The zero-order valence-corrected chi connectivity index (χ0v) is 11.6. The van der Waals surface area contributed by atoms with Crippen LogP contribution in [0.2, 0.25) is 0 Å². The molecular formula is C15H22N2O2. The summed E-state index contributed by atoms with van der Waals surface area (Å²) in [5.41, 5.74) is 6.87. The average Bonchev–Trinajstić information content (AvgIpc) is 2.46. The van der Waals surface area contributed by atoms with Gasteiger partial charge in [-0.15, -0.1) is 0 Å². The largest absolute Gasteiger partial charge is 0.497 e. The van der Waals surface area contributed by atoms with Gasteiger partial charge < -0.3 is 15.4 Å². The van der Waals surface area contributed by atoms with Crippen molar-refractivity contribution in [3.05, 3.63) is 29.8 Å². The molecule has 4 nitrogen and oxygen atoms in total. The number of nitrogens with two attached hydrogens (primary N) is 1. The maximum absolute atomic E-state index is 12.4. The third-order valence-electron chi connectivity index (χ3n) is 3.82. The Labute approximate surface area is 114 Å². The number of carbonyl (C=O) groups is 1. The summed E-state index contributed by atoms with van der Waals surface area (Å²) in [5.74, 6) is 0.836. The summed E-state index contributed by atoms with van der Waals surface area (Å²) in [7, 11) is 1.64. The fourth-order valence-corrected chi connectivity index (χ4v) is 2.45. The van der Waals surface area contributed by atoms with Crippen molar-refractivity contribution in [2.75, 3.05) is 20.2 Å². The van der Waals surface area contributed by atoms with Gasteiger partial charge in [0.1, 0.15) is 5.75 Å².